The molecule has 0 aliphatic heterocycles. The highest BCUT2D eigenvalue weighted by molar-refractivity contribution is 5.32. The standard InChI is InChI=1S/C27H34F4O2/c1-3-5-18-32-24-15-12-22(25(28)26(24)29)16-17-27(30,31)33-23-13-10-21(11-14-23)20-8-6-19(4-2)7-9-20/h10-15,19-20H,3-9,16-18H2,1-2H3. The molecular formula is C27H34F4O2. The van der Waals surface area contributed by atoms with Crippen LogP contribution in [0.4, 0.5) is 17.6 Å². The maximum Gasteiger partial charge on any atom is 0.398 e. The van der Waals surface area contributed by atoms with Gasteiger partial charge in [0.25, 0.3) is 0 Å². The lowest BCUT2D eigenvalue weighted by molar-refractivity contribution is -0.180. The number of ether oxygens (including phenoxy) is 2. The Morgan fingerprint density at radius 2 is 1.61 bits per heavy atom. The Kier molecular flexibility index (Phi) is 9.04. The van der Waals surface area contributed by atoms with Gasteiger partial charge < -0.3 is 9.47 Å². The molecule has 2 nitrogen and oxygen atoms in total. The number of unbranched alkanes of at least 4 members (excludes halogenated alkanes) is 1. The third-order valence-corrected chi connectivity index (χ3v) is 6.61. The van der Waals surface area contributed by atoms with Gasteiger partial charge in [-0.15, -0.1) is 0 Å². The van der Waals surface area contributed by atoms with Crippen molar-refractivity contribution < 1.29 is 27.0 Å². The molecule has 6 heteroatoms. The van der Waals surface area contributed by atoms with Gasteiger partial charge in [-0.1, -0.05) is 44.9 Å². The number of aryl methyl sites for hydroxylation is 1. The highest BCUT2D eigenvalue weighted by atomic mass is 19.3. The van der Waals surface area contributed by atoms with Crippen LogP contribution in [-0.2, 0) is 6.42 Å². The smallest absolute Gasteiger partial charge is 0.398 e. The average Bonchev–Trinajstić information content (AvgIpc) is 2.82. The molecule has 1 aliphatic carbocycles. The maximum atomic E-state index is 14.4. The van der Waals surface area contributed by atoms with Gasteiger partial charge >= 0.3 is 6.11 Å². The van der Waals surface area contributed by atoms with Crippen LogP contribution in [0.2, 0.25) is 0 Å². The molecule has 0 unspecified atom stereocenters. The van der Waals surface area contributed by atoms with Crippen molar-refractivity contribution in [3.05, 3.63) is 59.2 Å². The molecule has 1 aliphatic rings. The van der Waals surface area contributed by atoms with E-state index >= 15 is 0 Å². The Labute approximate surface area is 194 Å². The summed E-state index contributed by atoms with van der Waals surface area (Å²) >= 11 is 0. The lowest BCUT2D eigenvalue weighted by Crippen LogP contribution is -2.25. The second kappa shape index (κ2) is 11.8. The van der Waals surface area contributed by atoms with Gasteiger partial charge in [0.1, 0.15) is 5.75 Å². The quantitative estimate of drug-likeness (QED) is 0.244. The molecule has 182 valence electrons. The summed E-state index contributed by atoms with van der Waals surface area (Å²) in [6, 6.07) is 9.42. The van der Waals surface area contributed by atoms with Crippen molar-refractivity contribution in [3.63, 3.8) is 0 Å². The van der Waals surface area contributed by atoms with E-state index in [0.29, 0.717) is 12.3 Å². The van der Waals surface area contributed by atoms with Crippen LogP contribution in [-0.4, -0.2) is 12.7 Å². The molecule has 0 bridgehead atoms. The summed E-state index contributed by atoms with van der Waals surface area (Å²) in [5, 5.41) is 0. The first-order valence-electron chi connectivity index (χ1n) is 12.1. The number of hydrogen-bond donors (Lipinski definition) is 0. The van der Waals surface area contributed by atoms with Crippen LogP contribution in [0.15, 0.2) is 36.4 Å². The monoisotopic (exact) mass is 466 g/mol. The Hall–Kier alpha value is -2.24. The molecule has 0 atom stereocenters. The van der Waals surface area contributed by atoms with Crippen LogP contribution < -0.4 is 9.47 Å². The molecule has 3 rings (SSSR count). The first kappa shape index (κ1) is 25.4. The lowest BCUT2D eigenvalue weighted by atomic mass is 9.78. The van der Waals surface area contributed by atoms with Gasteiger partial charge in [-0.2, -0.15) is 13.2 Å². The fourth-order valence-corrected chi connectivity index (χ4v) is 4.42. The summed E-state index contributed by atoms with van der Waals surface area (Å²) in [5.74, 6) is -1.16. The van der Waals surface area contributed by atoms with E-state index < -0.39 is 24.2 Å². The summed E-state index contributed by atoms with van der Waals surface area (Å²) in [4.78, 5) is 0. The van der Waals surface area contributed by atoms with E-state index in [1.165, 1.54) is 31.4 Å². The lowest BCUT2D eigenvalue weighted by Gasteiger charge is -2.28. The zero-order chi connectivity index (χ0) is 23.8. The summed E-state index contributed by atoms with van der Waals surface area (Å²) in [5.41, 5.74) is 1.02. The molecule has 1 fully saturated rings. The fourth-order valence-electron chi connectivity index (χ4n) is 4.42. The number of rotatable bonds is 11. The molecular weight excluding hydrogens is 432 g/mol. The third kappa shape index (κ3) is 7.12. The van der Waals surface area contributed by atoms with Crippen LogP contribution >= 0.6 is 0 Å². The molecule has 0 amide bonds. The zero-order valence-corrected chi connectivity index (χ0v) is 19.5. The number of benzene rings is 2. The third-order valence-electron chi connectivity index (χ3n) is 6.61. The Balaban J connectivity index is 1.54. The van der Waals surface area contributed by atoms with Gasteiger partial charge in [0.15, 0.2) is 11.6 Å². The molecule has 0 N–H and O–H groups in total. The van der Waals surface area contributed by atoms with Crippen LogP contribution in [0.1, 0.15) is 82.3 Å². The number of hydrogen-bond acceptors (Lipinski definition) is 2. The van der Waals surface area contributed by atoms with Gasteiger partial charge in [0.05, 0.1) is 13.0 Å². The van der Waals surface area contributed by atoms with Crippen molar-refractivity contribution in [2.45, 2.75) is 83.7 Å². The summed E-state index contributed by atoms with van der Waals surface area (Å²) in [7, 11) is 0. The van der Waals surface area contributed by atoms with Crippen LogP contribution in [0.25, 0.3) is 0 Å². The Morgan fingerprint density at radius 3 is 2.24 bits per heavy atom. The fraction of sp³-hybridized carbons (Fsp3) is 0.556. The van der Waals surface area contributed by atoms with E-state index in [2.05, 4.69) is 6.92 Å². The minimum absolute atomic E-state index is 0.0670. The molecule has 0 saturated heterocycles. The zero-order valence-electron chi connectivity index (χ0n) is 19.5. The molecule has 0 aromatic heterocycles. The van der Waals surface area contributed by atoms with Crippen LogP contribution in [0.5, 0.6) is 11.5 Å². The first-order valence-corrected chi connectivity index (χ1v) is 12.1. The van der Waals surface area contributed by atoms with Crippen molar-refractivity contribution in [1.29, 1.82) is 0 Å². The van der Waals surface area contributed by atoms with Gasteiger partial charge in [0, 0.05) is 0 Å². The Bertz CT molecular complexity index is 874. The molecule has 0 heterocycles. The molecule has 2 aromatic carbocycles. The molecule has 2 aromatic rings. The number of alkyl halides is 2. The highest BCUT2D eigenvalue weighted by Gasteiger charge is 2.32. The second-order valence-electron chi connectivity index (χ2n) is 8.99. The first-order chi connectivity index (χ1) is 15.8. The molecule has 33 heavy (non-hydrogen) atoms. The topological polar surface area (TPSA) is 18.5 Å². The summed E-state index contributed by atoms with van der Waals surface area (Å²) < 4.78 is 67.3. The molecule has 0 spiro atoms. The van der Waals surface area contributed by atoms with E-state index in [4.69, 9.17) is 9.47 Å². The minimum Gasteiger partial charge on any atom is -0.490 e. The second-order valence-corrected chi connectivity index (χ2v) is 8.99. The Morgan fingerprint density at radius 1 is 0.909 bits per heavy atom. The van der Waals surface area contributed by atoms with E-state index in [1.807, 2.05) is 19.1 Å². The highest BCUT2D eigenvalue weighted by Crippen LogP contribution is 2.38. The van der Waals surface area contributed by atoms with Gasteiger partial charge in [-0.25, -0.2) is 4.39 Å². The van der Waals surface area contributed by atoms with Crippen LogP contribution in [0.3, 0.4) is 0 Å². The van der Waals surface area contributed by atoms with E-state index in [0.717, 1.165) is 30.7 Å². The SMILES string of the molecule is CCCCOc1ccc(CCC(F)(F)Oc2ccc(C3CCC(CC)CC3)cc2)c(F)c1F. The van der Waals surface area contributed by atoms with Gasteiger partial charge in [-0.05, 0) is 79.7 Å². The van der Waals surface area contributed by atoms with E-state index in [9.17, 15) is 17.6 Å². The molecule has 1 saturated carbocycles. The van der Waals surface area contributed by atoms with Crippen molar-refractivity contribution >= 4 is 0 Å². The minimum atomic E-state index is -3.50. The predicted molar refractivity (Wildman–Crippen MR) is 122 cm³/mol. The summed E-state index contributed by atoms with van der Waals surface area (Å²) in [6.45, 7) is 4.45. The van der Waals surface area contributed by atoms with Gasteiger partial charge in [-0.3, -0.25) is 0 Å². The molecule has 0 radical (unpaired) electrons. The number of halogens is 4. The predicted octanol–water partition coefficient (Wildman–Crippen LogP) is 8.43. The normalized spacial score (nSPS) is 18.8. The average molecular weight is 467 g/mol. The van der Waals surface area contributed by atoms with E-state index in [-0.39, 0.29) is 30.1 Å². The maximum absolute atomic E-state index is 14.4. The summed E-state index contributed by atoms with van der Waals surface area (Å²) in [6.07, 6.45) is 2.83. The van der Waals surface area contributed by atoms with Gasteiger partial charge in [0.2, 0.25) is 5.82 Å². The van der Waals surface area contributed by atoms with Crippen molar-refractivity contribution in [2.75, 3.05) is 6.61 Å². The van der Waals surface area contributed by atoms with Crippen molar-refractivity contribution in [1.82, 2.24) is 0 Å². The van der Waals surface area contributed by atoms with Crippen LogP contribution in [0, 0.1) is 17.6 Å². The van der Waals surface area contributed by atoms with Crippen molar-refractivity contribution in [3.8, 4) is 11.5 Å². The largest absolute Gasteiger partial charge is 0.490 e. The van der Waals surface area contributed by atoms with Crippen molar-refractivity contribution in [2.24, 2.45) is 5.92 Å². The van der Waals surface area contributed by atoms with E-state index in [1.54, 1.807) is 12.1 Å².